The Hall–Kier alpha value is -3.12. The SMILES string of the molecule is Cc1ccc(-c2ccccc2)n1[C@@H]1CCCC[C@H]1NC(=S)N[C@H](C(=O)N1CCC[C@]1(C)c1ccccc1)C(C)(C)C. The number of hydrogen-bond acceptors (Lipinski definition) is 2. The minimum absolute atomic E-state index is 0.123. The molecule has 5 rings (SSSR count). The van der Waals surface area contributed by atoms with Crippen molar-refractivity contribution in [1.29, 1.82) is 0 Å². The summed E-state index contributed by atoms with van der Waals surface area (Å²) in [5, 5.41) is 7.78. The fourth-order valence-electron chi connectivity index (χ4n) is 6.98. The number of carbonyl (C=O) groups is 1. The van der Waals surface area contributed by atoms with E-state index in [-0.39, 0.29) is 28.9 Å². The maximum absolute atomic E-state index is 14.3. The highest BCUT2D eigenvalue weighted by Crippen LogP contribution is 2.40. The molecule has 1 saturated heterocycles. The summed E-state index contributed by atoms with van der Waals surface area (Å²) in [4.78, 5) is 16.4. The van der Waals surface area contributed by atoms with Crippen LogP contribution >= 0.6 is 12.2 Å². The van der Waals surface area contributed by atoms with Crippen LogP contribution in [0.1, 0.15) is 83.5 Å². The first kappa shape index (κ1) is 29.4. The van der Waals surface area contributed by atoms with E-state index in [4.69, 9.17) is 12.2 Å². The van der Waals surface area contributed by atoms with Crippen molar-refractivity contribution >= 4 is 23.2 Å². The normalized spacial score (nSPS) is 23.7. The lowest BCUT2D eigenvalue weighted by atomic mass is 9.83. The largest absolute Gasteiger partial charge is 0.358 e. The summed E-state index contributed by atoms with van der Waals surface area (Å²) in [6.45, 7) is 11.5. The number of rotatable bonds is 6. The number of likely N-dealkylation sites (tertiary alicyclic amines) is 1. The van der Waals surface area contributed by atoms with Gasteiger partial charge in [-0.25, -0.2) is 0 Å². The zero-order chi connectivity index (χ0) is 29.2. The lowest BCUT2D eigenvalue weighted by Crippen LogP contribution is -2.60. The zero-order valence-electron chi connectivity index (χ0n) is 25.3. The molecule has 5 nitrogen and oxygen atoms in total. The van der Waals surface area contributed by atoms with Crippen LogP contribution in [0.15, 0.2) is 72.8 Å². The van der Waals surface area contributed by atoms with E-state index in [1.54, 1.807) is 0 Å². The van der Waals surface area contributed by atoms with Gasteiger partial charge in [0.05, 0.1) is 11.6 Å². The molecule has 218 valence electrons. The highest BCUT2D eigenvalue weighted by atomic mass is 32.1. The average molecular weight is 571 g/mol. The molecule has 6 heteroatoms. The van der Waals surface area contributed by atoms with Crippen molar-refractivity contribution in [3.05, 3.63) is 84.1 Å². The van der Waals surface area contributed by atoms with Crippen molar-refractivity contribution in [3.63, 3.8) is 0 Å². The van der Waals surface area contributed by atoms with Gasteiger partial charge in [0.1, 0.15) is 6.04 Å². The highest BCUT2D eigenvalue weighted by molar-refractivity contribution is 7.80. The molecule has 1 aliphatic carbocycles. The number of amides is 1. The van der Waals surface area contributed by atoms with Crippen molar-refractivity contribution < 1.29 is 4.79 Å². The molecule has 3 aromatic rings. The second-order valence-corrected chi connectivity index (χ2v) is 13.6. The van der Waals surface area contributed by atoms with Crippen LogP contribution in [0.5, 0.6) is 0 Å². The van der Waals surface area contributed by atoms with Crippen LogP contribution in [0.2, 0.25) is 0 Å². The molecule has 2 heterocycles. The topological polar surface area (TPSA) is 49.3 Å². The van der Waals surface area contributed by atoms with Crippen LogP contribution in [-0.4, -0.2) is 39.1 Å². The van der Waals surface area contributed by atoms with Crippen LogP contribution in [0.4, 0.5) is 0 Å². The fraction of sp³-hybridized carbons (Fsp3) is 0.486. The Morgan fingerprint density at radius 1 is 0.951 bits per heavy atom. The first-order valence-electron chi connectivity index (χ1n) is 15.3. The molecule has 1 amide bonds. The summed E-state index contributed by atoms with van der Waals surface area (Å²) in [5.41, 5.74) is 4.31. The number of hydrogen-bond donors (Lipinski definition) is 2. The molecule has 1 aliphatic heterocycles. The third kappa shape index (κ3) is 6.08. The van der Waals surface area contributed by atoms with E-state index in [1.807, 2.05) is 6.07 Å². The molecule has 1 saturated carbocycles. The number of nitrogens with zero attached hydrogens (tertiary/aromatic N) is 2. The predicted octanol–water partition coefficient (Wildman–Crippen LogP) is 7.36. The van der Waals surface area contributed by atoms with Gasteiger partial charge in [-0.3, -0.25) is 4.79 Å². The lowest BCUT2D eigenvalue weighted by Gasteiger charge is -2.42. The standard InChI is InChI=1S/C35H46N4OS/c1-25-21-22-29(26-15-8-6-9-16-26)39(25)30-20-13-12-19-28(30)36-33(41)37-31(34(2,3)4)32(40)38-24-14-23-35(38,5)27-17-10-7-11-18-27/h6-11,15-18,21-22,28,30-31H,12-14,19-20,23-24H2,1-5H3,(H2,36,37,41)/t28-,30-,31-,35-/m1/s1. The third-order valence-corrected chi connectivity index (χ3v) is 9.50. The van der Waals surface area contributed by atoms with E-state index in [9.17, 15) is 4.79 Å². The van der Waals surface area contributed by atoms with E-state index in [0.717, 1.165) is 32.2 Å². The number of benzene rings is 2. The van der Waals surface area contributed by atoms with Gasteiger partial charge in [-0.1, -0.05) is 94.3 Å². The molecule has 41 heavy (non-hydrogen) atoms. The van der Waals surface area contributed by atoms with Gasteiger partial charge >= 0.3 is 0 Å². The van der Waals surface area contributed by atoms with E-state index < -0.39 is 6.04 Å². The van der Waals surface area contributed by atoms with E-state index >= 15 is 0 Å². The minimum atomic E-state index is -0.432. The molecule has 0 bridgehead atoms. The summed E-state index contributed by atoms with van der Waals surface area (Å²) in [7, 11) is 0. The Morgan fingerprint density at radius 3 is 2.29 bits per heavy atom. The van der Waals surface area contributed by atoms with Gasteiger partial charge in [0.2, 0.25) is 5.91 Å². The molecule has 2 aliphatic rings. The molecule has 2 fully saturated rings. The number of nitrogens with one attached hydrogen (secondary N) is 2. The lowest BCUT2D eigenvalue weighted by molar-refractivity contribution is -0.139. The molecule has 0 radical (unpaired) electrons. The number of carbonyl (C=O) groups excluding carboxylic acids is 1. The predicted molar refractivity (Wildman–Crippen MR) is 173 cm³/mol. The monoisotopic (exact) mass is 570 g/mol. The van der Waals surface area contributed by atoms with Crippen LogP contribution in [0.3, 0.4) is 0 Å². The van der Waals surface area contributed by atoms with E-state index in [0.29, 0.717) is 5.11 Å². The zero-order valence-corrected chi connectivity index (χ0v) is 26.1. The quantitative estimate of drug-likeness (QED) is 0.304. The molecule has 2 N–H and O–H groups in total. The van der Waals surface area contributed by atoms with Gasteiger partial charge in [-0.2, -0.15) is 0 Å². The van der Waals surface area contributed by atoms with Crippen molar-refractivity contribution in [2.45, 2.75) is 96.8 Å². The molecule has 4 atom stereocenters. The smallest absolute Gasteiger partial charge is 0.246 e. The minimum Gasteiger partial charge on any atom is -0.358 e. The average Bonchev–Trinajstić information content (AvgIpc) is 3.55. The van der Waals surface area contributed by atoms with Gasteiger partial charge in [0, 0.05) is 24.0 Å². The van der Waals surface area contributed by atoms with Crippen molar-refractivity contribution in [1.82, 2.24) is 20.1 Å². The van der Waals surface area contributed by atoms with Gasteiger partial charge < -0.3 is 20.1 Å². The molecular weight excluding hydrogens is 524 g/mol. The van der Waals surface area contributed by atoms with Crippen LogP contribution in [0.25, 0.3) is 11.3 Å². The van der Waals surface area contributed by atoms with Gasteiger partial charge in [0.15, 0.2) is 5.11 Å². The van der Waals surface area contributed by atoms with Gasteiger partial charge in [-0.05, 0) is 80.4 Å². The van der Waals surface area contributed by atoms with E-state index in [1.165, 1.54) is 35.4 Å². The molecular formula is C35H46N4OS. The Kier molecular flexibility index (Phi) is 8.60. The summed E-state index contributed by atoms with van der Waals surface area (Å²) in [5.74, 6) is 0.123. The van der Waals surface area contributed by atoms with Crippen molar-refractivity contribution in [2.24, 2.45) is 5.41 Å². The third-order valence-electron chi connectivity index (χ3n) is 9.26. The van der Waals surface area contributed by atoms with Crippen LogP contribution < -0.4 is 10.6 Å². The first-order valence-corrected chi connectivity index (χ1v) is 15.7. The number of aromatic nitrogens is 1. The maximum atomic E-state index is 14.3. The number of aryl methyl sites for hydroxylation is 1. The number of thiocarbonyl (C=S) groups is 1. The van der Waals surface area contributed by atoms with Crippen LogP contribution in [0, 0.1) is 12.3 Å². The summed E-state index contributed by atoms with van der Waals surface area (Å²) < 4.78 is 2.50. The molecule has 0 spiro atoms. The highest BCUT2D eigenvalue weighted by Gasteiger charge is 2.45. The Balaban J connectivity index is 1.35. The second-order valence-electron chi connectivity index (χ2n) is 13.2. The van der Waals surface area contributed by atoms with Gasteiger partial charge in [0.25, 0.3) is 0 Å². The van der Waals surface area contributed by atoms with Crippen molar-refractivity contribution in [2.75, 3.05) is 6.54 Å². The fourth-order valence-corrected chi connectivity index (χ4v) is 7.25. The summed E-state index contributed by atoms with van der Waals surface area (Å²) in [6.07, 6.45) is 6.48. The maximum Gasteiger partial charge on any atom is 0.246 e. The van der Waals surface area contributed by atoms with Gasteiger partial charge in [-0.15, -0.1) is 0 Å². The van der Waals surface area contributed by atoms with E-state index in [2.05, 4.69) is 121 Å². The Bertz CT molecular complexity index is 1350. The van der Waals surface area contributed by atoms with Crippen LogP contribution in [-0.2, 0) is 10.3 Å². The summed E-state index contributed by atoms with van der Waals surface area (Å²) >= 11 is 5.96. The molecule has 0 unspecified atom stereocenters. The second kappa shape index (κ2) is 12.0. The molecule has 1 aromatic heterocycles. The van der Waals surface area contributed by atoms with Crippen molar-refractivity contribution in [3.8, 4) is 11.3 Å². The Labute approximate surface area is 251 Å². The molecule has 2 aromatic carbocycles. The first-order chi connectivity index (χ1) is 19.6. The summed E-state index contributed by atoms with van der Waals surface area (Å²) in [6, 6.07) is 25.6. The Morgan fingerprint density at radius 2 is 1.61 bits per heavy atom.